The van der Waals surface area contributed by atoms with E-state index in [4.69, 9.17) is 19.9 Å². The number of carbonyl (C=O) groups excluding carboxylic acids is 1. The van der Waals surface area contributed by atoms with E-state index in [-0.39, 0.29) is 23.7 Å². The maximum absolute atomic E-state index is 12.3. The number of benzene rings is 1. The summed E-state index contributed by atoms with van der Waals surface area (Å²) < 4.78 is 17.6. The molecule has 10 heteroatoms. The van der Waals surface area contributed by atoms with Crippen molar-refractivity contribution >= 4 is 40.4 Å². The quantitative estimate of drug-likeness (QED) is 0.590. The topological polar surface area (TPSA) is 112 Å². The first-order valence-corrected chi connectivity index (χ1v) is 10.3. The van der Waals surface area contributed by atoms with E-state index in [1.165, 1.54) is 6.20 Å². The van der Waals surface area contributed by atoms with Crippen LogP contribution >= 0.6 is 22.6 Å². The number of aromatic nitrogens is 2. The number of urea groups is 1. The molecule has 3 N–H and O–H groups in total. The minimum absolute atomic E-state index is 0.125. The SMILES string of the molecule is COc1cc(C(C)C)c(Oc2cnc(NC(=O)N3CCOCC3)nc2N)cc1I. The van der Waals surface area contributed by atoms with E-state index in [1.54, 1.807) is 12.0 Å². The molecule has 0 spiro atoms. The van der Waals surface area contributed by atoms with Crippen LogP contribution in [0.5, 0.6) is 17.2 Å². The molecule has 2 amide bonds. The number of morpholine rings is 1. The van der Waals surface area contributed by atoms with Crippen LogP contribution in [0.2, 0.25) is 0 Å². The summed E-state index contributed by atoms with van der Waals surface area (Å²) in [5, 5.41) is 2.65. The predicted molar refractivity (Wildman–Crippen MR) is 118 cm³/mol. The minimum Gasteiger partial charge on any atom is -0.496 e. The second-order valence-corrected chi connectivity index (χ2v) is 7.92. The standard InChI is InChI=1S/C19H24IN5O4/c1-11(2)12-8-15(27-3)13(20)9-14(12)29-16-10-22-18(23-17(16)21)24-19(26)25-4-6-28-7-5-25/h8-11H,4-7H2,1-3H3,(H3,21,22,23,24,26). The number of nitrogens with zero attached hydrogens (tertiary/aromatic N) is 3. The second kappa shape index (κ2) is 9.44. The number of nitrogen functional groups attached to an aromatic ring is 1. The van der Waals surface area contributed by atoms with E-state index in [2.05, 4.69) is 51.7 Å². The van der Waals surface area contributed by atoms with E-state index in [1.807, 2.05) is 12.1 Å². The highest BCUT2D eigenvalue weighted by Gasteiger charge is 2.19. The van der Waals surface area contributed by atoms with Crippen molar-refractivity contribution in [2.45, 2.75) is 19.8 Å². The van der Waals surface area contributed by atoms with Crippen LogP contribution in [0, 0.1) is 3.57 Å². The van der Waals surface area contributed by atoms with Gasteiger partial charge < -0.3 is 24.8 Å². The lowest BCUT2D eigenvalue weighted by Gasteiger charge is -2.26. The summed E-state index contributed by atoms with van der Waals surface area (Å²) in [7, 11) is 1.64. The zero-order chi connectivity index (χ0) is 21.0. The summed E-state index contributed by atoms with van der Waals surface area (Å²) >= 11 is 2.19. The monoisotopic (exact) mass is 513 g/mol. The van der Waals surface area contributed by atoms with Crippen LogP contribution in [-0.4, -0.2) is 54.3 Å². The highest BCUT2D eigenvalue weighted by molar-refractivity contribution is 14.1. The fourth-order valence-corrected chi connectivity index (χ4v) is 3.49. The number of amides is 2. The fraction of sp³-hybridized carbons (Fsp3) is 0.421. The highest BCUT2D eigenvalue weighted by atomic mass is 127. The lowest BCUT2D eigenvalue weighted by Crippen LogP contribution is -2.43. The molecule has 1 aromatic heterocycles. The molecule has 0 bridgehead atoms. The fourth-order valence-electron chi connectivity index (χ4n) is 2.83. The molecule has 1 aromatic carbocycles. The Morgan fingerprint density at radius 1 is 1.28 bits per heavy atom. The van der Waals surface area contributed by atoms with Gasteiger partial charge in [0.2, 0.25) is 5.95 Å². The average molecular weight is 513 g/mol. The van der Waals surface area contributed by atoms with Crippen molar-refractivity contribution in [2.24, 2.45) is 0 Å². The van der Waals surface area contributed by atoms with E-state index >= 15 is 0 Å². The van der Waals surface area contributed by atoms with Gasteiger partial charge in [0.15, 0.2) is 11.6 Å². The molecule has 1 aliphatic heterocycles. The first-order chi connectivity index (χ1) is 13.9. The number of anilines is 2. The summed E-state index contributed by atoms with van der Waals surface area (Å²) in [5.41, 5.74) is 7.03. The van der Waals surface area contributed by atoms with Crippen LogP contribution in [0.3, 0.4) is 0 Å². The third-order valence-electron chi connectivity index (χ3n) is 4.43. The molecule has 0 saturated carbocycles. The largest absolute Gasteiger partial charge is 0.496 e. The maximum atomic E-state index is 12.3. The molecular formula is C19H24IN5O4. The number of nitrogens with two attached hydrogens (primary N) is 1. The van der Waals surface area contributed by atoms with Crippen molar-refractivity contribution in [3.8, 4) is 17.2 Å². The Hall–Kier alpha value is -2.34. The second-order valence-electron chi connectivity index (χ2n) is 6.75. The van der Waals surface area contributed by atoms with Crippen LogP contribution in [-0.2, 0) is 4.74 Å². The molecule has 0 unspecified atom stereocenters. The number of nitrogens with one attached hydrogen (secondary N) is 1. The van der Waals surface area contributed by atoms with E-state index in [0.717, 1.165) is 14.9 Å². The Balaban J connectivity index is 1.77. The smallest absolute Gasteiger partial charge is 0.324 e. The van der Waals surface area contributed by atoms with Gasteiger partial charge in [-0.25, -0.2) is 9.78 Å². The number of methoxy groups -OCH3 is 1. The molecule has 29 heavy (non-hydrogen) atoms. The van der Waals surface area contributed by atoms with Crippen molar-refractivity contribution in [1.82, 2.24) is 14.9 Å². The molecule has 0 aliphatic carbocycles. The third-order valence-corrected chi connectivity index (χ3v) is 5.27. The Labute approximate surface area is 183 Å². The Morgan fingerprint density at radius 3 is 2.62 bits per heavy atom. The van der Waals surface area contributed by atoms with Gasteiger partial charge in [0.1, 0.15) is 11.5 Å². The van der Waals surface area contributed by atoms with Gasteiger partial charge in [-0.2, -0.15) is 4.98 Å². The molecule has 9 nitrogen and oxygen atoms in total. The van der Waals surface area contributed by atoms with Gasteiger partial charge in [0.05, 0.1) is 30.1 Å². The van der Waals surface area contributed by atoms with Crippen molar-refractivity contribution in [3.63, 3.8) is 0 Å². The molecule has 156 valence electrons. The van der Waals surface area contributed by atoms with E-state index < -0.39 is 0 Å². The normalized spacial score (nSPS) is 14.0. The summed E-state index contributed by atoms with van der Waals surface area (Å²) in [6, 6.07) is 3.56. The number of ether oxygens (including phenoxy) is 3. The number of hydrogen-bond donors (Lipinski definition) is 2. The van der Waals surface area contributed by atoms with Crippen molar-refractivity contribution < 1.29 is 19.0 Å². The first kappa shape index (κ1) is 21.4. The number of hydrogen-bond acceptors (Lipinski definition) is 7. The van der Waals surface area contributed by atoms with Gasteiger partial charge in [0, 0.05) is 18.7 Å². The van der Waals surface area contributed by atoms with Crippen molar-refractivity contribution in [1.29, 1.82) is 0 Å². The van der Waals surface area contributed by atoms with Crippen molar-refractivity contribution in [2.75, 3.05) is 44.5 Å². The summed E-state index contributed by atoms with van der Waals surface area (Å²) in [4.78, 5) is 22.2. The molecule has 1 saturated heterocycles. The van der Waals surface area contributed by atoms with Gasteiger partial charge in [-0.3, -0.25) is 5.32 Å². The van der Waals surface area contributed by atoms with Crippen LogP contribution in [0.1, 0.15) is 25.3 Å². The molecular weight excluding hydrogens is 489 g/mol. The molecule has 0 atom stereocenters. The van der Waals surface area contributed by atoms with Gasteiger partial charge in [0.25, 0.3) is 0 Å². The lowest BCUT2D eigenvalue weighted by atomic mass is 10.0. The Bertz CT molecular complexity index is 887. The van der Waals surface area contributed by atoms with E-state index in [9.17, 15) is 4.79 Å². The molecule has 2 aromatic rings. The lowest BCUT2D eigenvalue weighted by molar-refractivity contribution is 0.0564. The van der Waals surface area contributed by atoms with Gasteiger partial charge in [-0.15, -0.1) is 0 Å². The van der Waals surface area contributed by atoms with E-state index in [0.29, 0.717) is 37.8 Å². The zero-order valence-corrected chi connectivity index (χ0v) is 18.7. The van der Waals surface area contributed by atoms with Crippen LogP contribution < -0.4 is 20.5 Å². The van der Waals surface area contributed by atoms with Gasteiger partial charge >= 0.3 is 6.03 Å². The number of carbonyl (C=O) groups is 1. The number of rotatable bonds is 5. The predicted octanol–water partition coefficient (Wildman–Crippen LogP) is 3.45. The maximum Gasteiger partial charge on any atom is 0.324 e. The third kappa shape index (κ3) is 5.18. The molecule has 1 aliphatic rings. The van der Waals surface area contributed by atoms with Gasteiger partial charge in [-0.05, 0) is 40.6 Å². The Morgan fingerprint density at radius 2 is 2.00 bits per heavy atom. The Kier molecular flexibility index (Phi) is 6.96. The van der Waals surface area contributed by atoms with Crippen LogP contribution in [0.15, 0.2) is 18.3 Å². The molecule has 0 radical (unpaired) electrons. The van der Waals surface area contributed by atoms with Crippen LogP contribution in [0.25, 0.3) is 0 Å². The minimum atomic E-state index is -0.284. The first-order valence-electron chi connectivity index (χ1n) is 9.20. The van der Waals surface area contributed by atoms with Crippen LogP contribution in [0.4, 0.5) is 16.6 Å². The average Bonchev–Trinajstić information content (AvgIpc) is 2.70. The summed E-state index contributed by atoms with van der Waals surface area (Å²) in [5.74, 6) is 2.23. The summed E-state index contributed by atoms with van der Waals surface area (Å²) in [6.45, 7) is 6.22. The van der Waals surface area contributed by atoms with Gasteiger partial charge in [-0.1, -0.05) is 13.8 Å². The number of halogens is 1. The molecule has 3 rings (SSSR count). The zero-order valence-electron chi connectivity index (χ0n) is 16.6. The highest BCUT2D eigenvalue weighted by Crippen LogP contribution is 2.37. The molecule has 2 heterocycles. The van der Waals surface area contributed by atoms with Crippen molar-refractivity contribution in [3.05, 3.63) is 27.5 Å². The molecule has 1 fully saturated rings. The summed E-state index contributed by atoms with van der Waals surface area (Å²) in [6.07, 6.45) is 1.46.